The van der Waals surface area contributed by atoms with Crippen molar-refractivity contribution in [2.45, 2.75) is 18.4 Å². The van der Waals surface area contributed by atoms with Gasteiger partial charge in [-0.2, -0.15) is 0 Å². The fourth-order valence-electron chi connectivity index (χ4n) is 3.90. The van der Waals surface area contributed by atoms with Crippen LogP contribution in [-0.2, 0) is 0 Å². The van der Waals surface area contributed by atoms with Gasteiger partial charge in [-0.15, -0.1) is 0 Å². The lowest BCUT2D eigenvalue weighted by Gasteiger charge is -2.38. The normalized spacial score (nSPS) is 24.2. The molecule has 0 spiro atoms. The molecule has 0 unspecified atom stereocenters. The number of nitrogens with one attached hydrogen (secondary N) is 1. The minimum Gasteiger partial charge on any atom is -0.478 e. The van der Waals surface area contributed by atoms with Crippen molar-refractivity contribution in [2.75, 3.05) is 5.32 Å². The van der Waals surface area contributed by atoms with Crippen LogP contribution in [0.15, 0.2) is 48.6 Å². The molecule has 0 bridgehead atoms. The van der Waals surface area contributed by atoms with Gasteiger partial charge in [-0.05, 0) is 36.1 Å². The van der Waals surface area contributed by atoms with Crippen LogP contribution in [0.1, 0.15) is 39.9 Å². The van der Waals surface area contributed by atoms with Crippen LogP contribution in [0.5, 0.6) is 0 Å². The van der Waals surface area contributed by atoms with Gasteiger partial charge in [-0.25, -0.2) is 9.18 Å². The molecule has 3 atom stereocenters. The summed E-state index contributed by atoms with van der Waals surface area (Å²) in [5, 5.41) is 13.3. The third kappa shape index (κ3) is 2.21. The Kier molecular flexibility index (Phi) is 3.57. The van der Waals surface area contributed by atoms with Gasteiger partial charge in [0.15, 0.2) is 0 Å². The van der Waals surface area contributed by atoms with Crippen molar-refractivity contribution in [2.24, 2.45) is 5.92 Å². The maximum absolute atomic E-state index is 14.3. The van der Waals surface area contributed by atoms with Crippen molar-refractivity contribution in [3.05, 3.63) is 76.1 Å². The van der Waals surface area contributed by atoms with E-state index in [1.807, 2.05) is 18.2 Å². The Morgan fingerprint density at radius 1 is 1.25 bits per heavy atom. The molecule has 0 saturated heterocycles. The molecule has 1 heterocycles. The average Bonchev–Trinajstić information content (AvgIpc) is 3.05. The first-order chi connectivity index (χ1) is 11.6. The van der Waals surface area contributed by atoms with Gasteiger partial charge in [0.25, 0.3) is 0 Å². The van der Waals surface area contributed by atoms with Crippen molar-refractivity contribution in [1.82, 2.24) is 0 Å². The molecule has 1 aliphatic heterocycles. The van der Waals surface area contributed by atoms with Crippen LogP contribution < -0.4 is 5.32 Å². The van der Waals surface area contributed by atoms with E-state index in [1.165, 1.54) is 12.1 Å². The summed E-state index contributed by atoms with van der Waals surface area (Å²) in [5.74, 6) is -1.27. The van der Waals surface area contributed by atoms with Crippen molar-refractivity contribution in [3.8, 4) is 0 Å². The molecule has 3 nitrogen and oxygen atoms in total. The lowest BCUT2D eigenvalue weighted by molar-refractivity contribution is 0.0695. The van der Waals surface area contributed by atoms with Crippen LogP contribution in [0.3, 0.4) is 0 Å². The number of hydrogen-bond acceptors (Lipinski definition) is 2. The second kappa shape index (κ2) is 5.64. The molecule has 2 aliphatic rings. The summed E-state index contributed by atoms with van der Waals surface area (Å²) >= 11 is 6.33. The van der Waals surface area contributed by atoms with Gasteiger partial charge in [-0.1, -0.05) is 42.0 Å². The van der Waals surface area contributed by atoms with E-state index in [4.69, 9.17) is 11.6 Å². The van der Waals surface area contributed by atoms with Crippen molar-refractivity contribution >= 4 is 23.3 Å². The van der Waals surface area contributed by atoms with Crippen LogP contribution in [-0.4, -0.2) is 11.1 Å². The maximum Gasteiger partial charge on any atom is 0.336 e. The van der Waals surface area contributed by atoms with E-state index < -0.39 is 5.97 Å². The van der Waals surface area contributed by atoms with Gasteiger partial charge in [0, 0.05) is 11.5 Å². The number of carbonyl (C=O) groups is 1. The first-order valence-corrected chi connectivity index (χ1v) is 8.19. The number of aromatic carboxylic acids is 1. The van der Waals surface area contributed by atoms with Crippen molar-refractivity contribution in [1.29, 1.82) is 0 Å². The highest BCUT2D eigenvalue weighted by Crippen LogP contribution is 2.52. The SMILES string of the molecule is O=C(O)c1ccc(Cl)c2c1[C@H]1C=CC[C@@H]1[C@H](c1ccccc1F)N2. The van der Waals surface area contributed by atoms with Crippen LogP contribution in [0, 0.1) is 11.7 Å². The standard InChI is InChI=1S/C19H15ClFNO2/c20-14-9-8-13(19(23)24)16-10-5-3-6-11(10)17(22-18(14)16)12-4-1-2-7-15(12)21/h1-5,7-11,17,22H,6H2,(H,23,24)/t10-,11-,17+/m0/s1. The number of benzene rings is 2. The van der Waals surface area contributed by atoms with Gasteiger partial charge in [0.1, 0.15) is 5.82 Å². The molecule has 2 aromatic rings. The Morgan fingerprint density at radius 2 is 2.04 bits per heavy atom. The molecule has 2 aromatic carbocycles. The Labute approximate surface area is 143 Å². The number of halogens is 2. The predicted molar refractivity (Wildman–Crippen MR) is 91.2 cm³/mol. The Morgan fingerprint density at radius 3 is 2.79 bits per heavy atom. The predicted octanol–water partition coefficient (Wildman–Crippen LogP) is 5.00. The quantitative estimate of drug-likeness (QED) is 0.754. The van der Waals surface area contributed by atoms with E-state index in [-0.39, 0.29) is 29.3 Å². The molecule has 0 saturated carbocycles. The summed E-state index contributed by atoms with van der Waals surface area (Å²) in [6, 6.07) is 9.55. The van der Waals surface area contributed by atoms with Crippen LogP contribution in [0.4, 0.5) is 10.1 Å². The highest BCUT2D eigenvalue weighted by Gasteiger charge is 2.41. The summed E-state index contributed by atoms with van der Waals surface area (Å²) in [7, 11) is 0. The fourth-order valence-corrected chi connectivity index (χ4v) is 4.12. The lowest BCUT2D eigenvalue weighted by Crippen LogP contribution is -2.31. The zero-order chi connectivity index (χ0) is 16.8. The highest BCUT2D eigenvalue weighted by molar-refractivity contribution is 6.33. The Bertz CT molecular complexity index is 864. The van der Waals surface area contributed by atoms with E-state index in [1.54, 1.807) is 18.2 Å². The summed E-state index contributed by atoms with van der Waals surface area (Å²) in [4.78, 5) is 11.6. The van der Waals surface area contributed by atoms with Gasteiger partial charge < -0.3 is 10.4 Å². The highest BCUT2D eigenvalue weighted by atomic mass is 35.5. The number of anilines is 1. The molecule has 24 heavy (non-hydrogen) atoms. The van der Waals surface area contributed by atoms with Crippen LogP contribution in [0.2, 0.25) is 5.02 Å². The fraction of sp³-hybridized carbons (Fsp3) is 0.211. The Hall–Kier alpha value is -2.33. The van der Waals surface area contributed by atoms with Gasteiger partial charge in [-0.3, -0.25) is 0 Å². The minimum atomic E-state index is -0.979. The number of allylic oxidation sites excluding steroid dienone is 2. The minimum absolute atomic E-state index is 0.0611. The van der Waals surface area contributed by atoms with E-state index in [2.05, 4.69) is 5.32 Å². The maximum atomic E-state index is 14.3. The smallest absolute Gasteiger partial charge is 0.336 e. The number of hydrogen-bond donors (Lipinski definition) is 2. The molecule has 0 aromatic heterocycles. The number of fused-ring (bicyclic) bond motifs is 3. The average molecular weight is 344 g/mol. The monoisotopic (exact) mass is 343 g/mol. The van der Waals surface area contributed by atoms with E-state index in [0.717, 1.165) is 6.42 Å². The summed E-state index contributed by atoms with van der Waals surface area (Å²) in [6.07, 6.45) is 4.81. The molecule has 5 heteroatoms. The van der Waals surface area contributed by atoms with Crippen molar-refractivity contribution in [3.63, 3.8) is 0 Å². The molecular weight excluding hydrogens is 329 g/mol. The van der Waals surface area contributed by atoms with E-state index in [9.17, 15) is 14.3 Å². The number of rotatable bonds is 2. The molecule has 122 valence electrons. The first kappa shape index (κ1) is 15.2. The summed E-state index contributed by atoms with van der Waals surface area (Å²) in [5.41, 5.74) is 2.12. The van der Waals surface area contributed by atoms with Gasteiger partial charge >= 0.3 is 5.97 Å². The third-order valence-corrected chi connectivity index (χ3v) is 5.25. The van der Waals surface area contributed by atoms with E-state index in [0.29, 0.717) is 21.8 Å². The zero-order valence-electron chi connectivity index (χ0n) is 12.7. The van der Waals surface area contributed by atoms with Crippen LogP contribution in [0.25, 0.3) is 0 Å². The third-order valence-electron chi connectivity index (χ3n) is 4.94. The van der Waals surface area contributed by atoms with Crippen molar-refractivity contribution < 1.29 is 14.3 Å². The molecule has 0 amide bonds. The zero-order valence-corrected chi connectivity index (χ0v) is 13.4. The number of carboxylic acid groups (broad SMARTS) is 1. The molecule has 0 radical (unpaired) electrons. The first-order valence-electron chi connectivity index (χ1n) is 7.81. The van der Waals surface area contributed by atoms with Gasteiger partial charge in [0.05, 0.1) is 22.3 Å². The molecular formula is C19H15ClFNO2. The van der Waals surface area contributed by atoms with Crippen LogP contribution >= 0.6 is 11.6 Å². The molecule has 2 N–H and O–H groups in total. The molecule has 4 rings (SSSR count). The second-order valence-electron chi connectivity index (χ2n) is 6.19. The molecule has 1 aliphatic carbocycles. The summed E-state index contributed by atoms with van der Waals surface area (Å²) < 4.78 is 14.3. The largest absolute Gasteiger partial charge is 0.478 e. The second-order valence-corrected chi connectivity index (χ2v) is 6.59. The number of carboxylic acids is 1. The topological polar surface area (TPSA) is 49.3 Å². The summed E-state index contributed by atoms with van der Waals surface area (Å²) in [6.45, 7) is 0. The Balaban J connectivity index is 1.90. The molecule has 0 fully saturated rings. The van der Waals surface area contributed by atoms with Gasteiger partial charge in [0.2, 0.25) is 0 Å². The lowest BCUT2D eigenvalue weighted by atomic mass is 9.75. The van der Waals surface area contributed by atoms with E-state index >= 15 is 0 Å².